The molecule has 1 aromatic heterocycles. The molecule has 0 atom stereocenters. The Morgan fingerprint density at radius 3 is 2.38 bits per heavy atom. The Morgan fingerprint density at radius 2 is 1.73 bits per heavy atom. The van der Waals surface area contributed by atoms with Crippen molar-refractivity contribution < 1.29 is 14.3 Å². The monoisotopic (exact) mass is 354 g/mol. The number of ether oxygens (including phenoxy) is 1. The second-order valence-corrected chi connectivity index (χ2v) is 6.22. The molecule has 0 saturated carbocycles. The summed E-state index contributed by atoms with van der Waals surface area (Å²) >= 11 is 0. The lowest BCUT2D eigenvalue weighted by atomic mass is 10.2. The summed E-state index contributed by atoms with van der Waals surface area (Å²) in [7, 11) is 3.41. The molecule has 2 heterocycles. The topological polar surface area (TPSA) is 74.8 Å². The molecule has 7 nitrogen and oxygen atoms in total. The van der Waals surface area contributed by atoms with Gasteiger partial charge in [-0.25, -0.2) is 9.78 Å². The van der Waals surface area contributed by atoms with Gasteiger partial charge in [-0.3, -0.25) is 4.79 Å². The minimum atomic E-state index is -0.380. The number of hydrogen-bond acceptors (Lipinski definition) is 6. The Balaban J connectivity index is 1.69. The SMILES string of the molecule is COC(=O)c1ccc(Nc2cc(C(=O)N3CCN(C)CC3)ccn2)cc1. The first kappa shape index (κ1) is 17.9. The standard InChI is InChI=1S/C19H22N4O3/c1-22-9-11-23(12-10-22)18(24)15-7-8-20-17(13-15)21-16-5-3-14(4-6-16)19(25)26-2/h3-8,13H,9-12H2,1-2H3,(H,20,21). The summed E-state index contributed by atoms with van der Waals surface area (Å²) in [5, 5.41) is 3.15. The van der Waals surface area contributed by atoms with Crippen LogP contribution in [0.4, 0.5) is 11.5 Å². The van der Waals surface area contributed by atoms with Gasteiger partial charge in [-0.2, -0.15) is 0 Å². The molecule has 1 N–H and O–H groups in total. The van der Waals surface area contributed by atoms with Gasteiger partial charge in [0.15, 0.2) is 0 Å². The summed E-state index contributed by atoms with van der Waals surface area (Å²) < 4.78 is 4.68. The smallest absolute Gasteiger partial charge is 0.337 e. The van der Waals surface area contributed by atoms with Crippen LogP contribution in [0.5, 0.6) is 0 Å². The van der Waals surface area contributed by atoms with Gasteiger partial charge in [0.2, 0.25) is 0 Å². The number of esters is 1. The van der Waals surface area contributed by atoms with Crippen molar-refractivity contribution in [3.63, 3.8) is 0 Å². The fourth-order valence-electron chi connectivity index (χ4n) is 2.78. The highest BCUT2D eigenvalue weighted by molar-refractivity contribution is 5.95. The van der Waals surface area contributed by atoms with Crippen LogP contribution in [0.25, 0.3) is 0 Å². The predicted molar refractivity (Wildman–Crippen MR) is 98.7 cm³/mol. The summed E-state index contributed by atoms with van der Waals surface area (Å²) in [6.45, 7) is 3.23. The van der Waals surface area contributed by atoms with Crippen LogP contribution in [0.3, 0.4) is 0 Å². The minimum absolute atomic E-state index is 0.0181. The van der Waals surface area contributed by atoms with E-state index in [0.717, 1.165) is 31.9 Å². The van der Waals surface area contributed by atoms with E-state index in [1.54, 1.807) is 42.6 Å². The van der Waals surface area contributed by atoms with Gasteiger partial charge in [0.1, 0.15) is 5.82 Å². The van der Waals surface area contributed by atoms with Crippen molar-refractivity contribution in [2.45, 2.75) is 0 Å². The second kappa shape index (κ2) is 7.97. The first-order valence-electron chi connectivity index (χ1n) is 8.46. The van der Waals surface area contributed by atoms with Crippen molar-refractivity contribution in [1.82, 2.24) is 14.8 Å². The maximum atomic E-state index is 12.7. The Kier molecular flexibility index (Phi) is 5.48. The summed E-state index contributed by atoms with van der Waals surface area (Å²) in [5.74, 6) is 0.217. The van der Waals surface area contributed by atoms with Crippen LogP contribution in [-0.4, -0.2) is 67.0 Å². The average molecular weight is 354 g/mol. The number of piperazine rings is 1. The van der Waals surface area contributed by atoms with Gasteiger partial charge in [0.05, 0.1) is 12.7 Å². The molecular formula is C19H22N4O3. The molecule has 1 amide bonds. The zero-order chi connectivity index (χ0) is 18.5. The third kappa shape index (κ3) is 4.18. The highest BCUT2D eigenvalue weighted by Crippen LogP contribution is 2.18. The molecule has 0 spiro atoms. The number of pyridine rings is 1. The molecular weight excluding hydrogens is 332 g/mol. The summed E-state index contributed by atoms with van der Waals surface area (Å²) in [4.78, 5) is 32.5. The number of benzene rings is 1. The van der Waals surface area contributed by atoms with Crippen LogP contribution < -0.4 is 5.32 Å². The molecule has 2 aromatic rings. The predicted octanol–water partition coefficient (Wildman–Crippen LogP) is 2.00. The second-order valence-electron chi connectivity index (χ2n) is 6.22. The molecule has 1 saturated heterocycles. The maximum absolute atomic E-state index is 12.7. The number of carbonyl (C=O) groups excluding carboxylic acids is 2. The molecule has 1 aromatic carbocycles. The third-order valence-corrected chi connectivity index (χ3v) is 4.38. The normalized spacial score (nSPS) is 14.8. The van der Waals surface area contributed by atoms with E-state index >= 15 is 0 Å². The van der Waals surface area contributed by atoms with Gasteiger partial charge in [-0.15, -0.1) is 0 Å². The third-order valence-electron chi connectivity index (χ3n) is 4.38. The van der Waals surface area contributed by atoms with Crippen molar-refractivity contribution in [1.29, 1.82) is 0 Å². The molecule has 0 unspecified atom stereocenters. The molecule has 0 aliphatic carbocycles. The highest BCUT2D eigenvalue weighted by Gasteiger charge is 2.20. The van der Waals surface area contributed by atoms with Gasteiger partial charge in [-0.1, -0.05) is 0 Å². The molecule has 26 heavy (non-hydrogen) atoms. The van der Waals surface area contributed by atoms with Crippen LogP contribution in [0.2, 0.25) is 0 Å². The lowest BCUT2D eigenvalue weighted by Gasteiger charge is -2.32. The van der Waals surface area contributed by atoms with E-state index < -0.39 is 0 Å². The fraction of sp³-hybridized carbons (Fsp3) is 0.316. The van der Waals surface area contributed by atoms with Crippen molar-refractivity contribution in [2.24, 2.45) is 0 Å². The molecule has 7 heteroatoms. The summed E-state index contributed by atoms with van der Waals surface area (Å²) in [6.07, 6.45) is 1.62. The molecule has 0 bridgehead atoms. The number of amides is 1. The van der Waals surface area contributed by atoms with Gasteiger partial charge in [0.25, 0.3) is 5.91 Å². The summed E-state index contributed by atoms with van der Waals surface area (Å²) in [6, 6.07) is 10.4. The Morgan fingerprint density at radius 1 is 1.04 bits per heavy atom. The van der Waals surface area contributed by atoms with E-state index in [-0.39, 0.29) is 11.9 Å². The number of likely N-dealkylation sites (N-methyl/N-ethyl adjacent to an activating group) is 1. The van der Waals surface area contributed by atoms with Crippen molar-refractivity contribution >= 4 is 23.4 Å². The summed E-state index contributed by atoms with van der Waals surface area (Å²) in [5.41, 5.74) is 1.86. The molecule has 1 aliphatic rings. The van der Waals surface area contributed by atoms with E-state index in [1.807, 2.05) is 4.90 Å². The number of rotatable bonds is 4. The lowest BCUT2D eigenvalue weighted by molar-refractivity contribution is 0.0600. The highest BCUT2D eigenvalue weighted by atomic mass is 16.5. The molecule has 136 valence electrons. The number of carbonyl (C=O) groups is 2. The van der Waals surface area contributed by atoms with E-state index in [0.29, 0.717) is 16.9 Å². The van der Waals surface area contributed by atoms with Crippen molar-refractivity contribution in [3.05, 3.63) is 53.7 Å². The van der Waals surface area contributed by atoms with Gasteiger partial charge < -0.3 is 19.9 Å². The van der Waals surface area contributed by atoms with E-state index in [2.05, 4.69) is 27.0 Å². The Hall–Kier alpha value is -2.93. The Labute approximate surface area is 152 Å². The fourth-order valence-corrected chi connectivity index (χ4v) is 2.78. The first-order chi connectivity index (χ1) is 12.6. The number of aromatic nitrogens is 1. The zero-order valence-electron chi connectivity index (χ0n) is 14.9. The number of nitrogens with one attached hydrogen (secondary N) is 1. The minimum Gasteiger partial charge on any atom is -0.465 e. The van der Waals surface area contributed by atoms with E-state index in [4.69, 9.17) is 0 Å². The average Bonchev–Trinajstić information content (AvgIpc) is 2.68. The quantitative estimate of drug-likeness (QED) is 0.847. The number of nitrogens with zero attached hydrogens (tertiary/aromatic N) is 3. The first-order valence-corrected chi connectivity index (χ1v) is 8.46. The number of anilines is 2. The van der Waals surface area contributed by atoms with Crippen molar-refractivity contribution in [3.8, 4) is 0 Å². The maximum Gasteiger partial charge on any atom is 0.337 e. The lowest BCUT2D eigenvalue weighted by Crippen LogP contribution is -2.47. The number of hydrogen-bond donors (Lipinski definition) is 1. The van der Waals surface area contributed by atoms with E-state index in [9.17, 15) is 9.59 Å². The number of methoxy groups -OCH3 is 1. The molecule has 1 fully saturated rings. The van der Waals surface area contributed by atoms with Gasteiger partial charge >= 0.3 is 5.97 Å². The zero-order valence-corrected chi connectivity index (χ0v) is 14.9. The molecule has 1 aliphatic heterocycles. The van der Waals surface area contributed by atoms with Crippen molar-refractivity contribution in [2.75, 3.05) is 45.7 Å². The van der Waals surface area contributed by atoms with Crippen LogP contribution in [0.1, 0.15) is 20.7 Å². The van der Waals surface area contributed by atoms with Crippen LogP contribution >= 0.6 is 0 Å². The van der Waals surface area contributed by atoms with Crippen LogP contribution in [0.15, 0.2) is 42.6 Å². The molecule has 0 radical (unpaired) electrons. The van der Waals surface area contributed by atoms with Gasteiger partial charge in [0, 0.05) is 43.6 Å². The van der Waals surface area contributed by atoms with Crippen LogP contribution in [0, 0.1) is 0 Å². The van der Waals surface area contributed by atoms with Crippen LogP contribution in [-0.2, 0) is 4.74 Å². The Bertz CT molecular complexity index is 784. The molecule has 3 rings (SSSR count). The van der Waals surface area contributed by atoms with E-state index in [1.165, 1.54) is 7.11 Å². The van der Waals surface area contributed by atoms with Gasteiger partial charge in [-0.05, 0) is 43.4 Å². The largest absolute Gasteiger partial charge is 0.465 e.